The van der Waals surface area contributed by atoms with Crippen molar-refractivity contribution in [3.8, 4) is 17.2 Å². The lowest BCUT2D eigenvalue weighted by atomic mass is 10.0. The molecule has 4 N–H and O–H groups in total. The molecule has 0 aliphatic carbocycles. The fraction of sp³-hybridized carbons (Fsp3) is 0.267. The van der Waals surface area contributed by atoms with Crippen molar-refractivity contribution in [1.29, 1.82) is 0 Å². The van der Waals surface area contributed by atoms with Gasteiger partial charge in [0.05, 0.1) is 31.4 Å². The molecule has 9 nitrogen and oxygen atoms in total. The van der Waals surface area contributed by atoms with Crippen molar-refractivity contribution < 1.29 is 29.6 Å². The maximum Gasteiger partial charge on any atom is 0.329 e. The zero-order valence-corrected chi connectivity index (χ0v) is 12.7. The molecule has 1 aromatic heterocycles. The highest BCUT2D eigenvalue weighted by Crippen LogP contribution is 2.36. The smallest absolute Gasteiger partial charge is 0.329 e. The Morgan fingerprint density at radius 3 is 2.58 bits per heavy atom. The van der Waals surface area contributed by atoms with Crippen LogP contribution in [0.4, 0.5) is 0 Å². The number of ether oxygens (including phenoxy) is 1. The molecule has 24 heavy (non-hydrogen) atoms. The van der Waals surface area contributed by atoms with Crippen LogP contribution in [0, 0.1) is 0 Å². The highest BCUT2D eigenvalue weighted by atomic mass is 16.5. The molecule has 3 rings (SSSR count). The van der Waals surface area contributed by atoms with Gasteiger partial charge in [-0.2, -0.15) is 0 Å². The van der Waals surface area contributed by atoms with Crippen LogP contribution in [0.2, 0.25) is 0 Å². The number of rotatable bonds is 2. The number of amides is 1. The summed E-state index contributed by atoms with van der Waals surface area (Å²) in [6, 6.07) is 1.17. The van der Waals surface area contributed by atoms with E-state index in [1.807, 2.05) is 0 Å². The fourth-order valence-electron chi connectivity index (χ4n) is 2.69. The largest absolute Gasteiger partial charge is 0.504 e. The molecule has 9 heteroatoms. The number of carbonyl (C=O) groups excluding carboxylic acids is 2. The first-order valence-electron chi connectivity index (χ1n) is 7.07. The van der Waals surface area contributed by atoms with Gasteiger partial charge in [-0.15, -0.1) is 0 Å². The van der Waals surface area contributed by atoms with Gasteiger partial charge in [-0.3, -0.25) is 4.79 Å². The van der Waals surface area contributed by atoms with Crippen LogP contribution in [0.3, 0.4) is 0 Å². The number of H-pyrrole nitrogens is 1. The van der Waals surface area contributed by atoms with Crippen molar-refractivity contribution in [2.24, 2.45) is 0 Å². The molecular weight excluding hydrogens is 318 g/mol. The normalized spacial score (nSPS) is 16.5. The van der Waals surface area contributed by atoms with Gasteiger partial charge in [0.15, 0.2) is 17.2 Å². The number of aromatic hydroxyl groups is 3. The van der Waals surface area contributed by atoms with E-state index in [1.54, 1.807) is 0 Å². The quantitative estimate of drug-likeness (QED) is 0.457. The number of carbonyl (C=O) groups is 2. The van der Waals surface area contributed by atoms with Gasteiger partial charge in [0.25, 0.3) is 5.91 Å². The van der Waals surface area contributed by atoms with Crippen molar-refractivity contribution in [1.82, 2.24) is 14.9 Å². The molecule has 1 aliphatic heterocycles. The number of aromatic nitrogens is 2. The third kappa shape index (κ3) is 2.49. The zero-order valence-electron chi connectivity index (χ0n) is 12.7. The Morgan fingerprint density at radius 2 is 1.96 bits per heavy atom. The standard InChI is InChI=1S/C15H15N3O6/c1-24-15(23)10-4-8-9(17-6-16-8)5-18(10)14(22)7-2-11(19)13(21)12(20)3-7/h2-3,6,10,19-21H,4-5H2,1H3,(H,16,17). The number of fused-ring (bicyclic) bond motifs is 1. The third-order valence-electron chi connectivity index (χ3n) is 3.95. The summed E-state index contributed by atoms with van der Waals surface area (Å²) in [5.41, 5.74) is 1.29. The van der Waals surface area contributed by atoms with Gasteiger partial charge in [0.1, 0.15) is 6.04 Å². The Hall–Kier alpha value is -3.23. The average molecular weight is 333 g/mol. The summed E-state index contributed by atoms with van der Waals surface area (Å²) in [7, 11) is 1.23. The molecule has 1 unspecified atom stereocenters. The molecule has 0 saturated carbocycles. The summed E-state index contributed by atoms with van der Waals surface area (Å²) < 4.78 is 4.75. The predicted octanol–water partition coefficient (Wildman–Crippen LogP) is 0.267. The van der Waals surface area contributed by atoms with Crippen molar-refractivity contribution in [3.05, 3.63) is 35.4 Å². The summed E-state index contributed by atoms with van der Waals surface area (Å²) in [5, 5.41) is 28.6. The number of benzene rings is 1. The van der Waals surface area contributed by atoms with Gasteiger partial charge in [0, 0.05) is 12.0 Å². The third-order valence-corrected chi connectivity index (χ3v) is 3.95. The lowest BCUT2D eigenvalue weighted by molar-refractivity contribution is -0.146. The van der Waals surface area contributed by atoms with Gasteiger partial charge in [-0.05, 0) is 12.1 Å². The Kier molecular flexibility index (Phi) is 3.76. The van der Waals surface area contributed by atoms with Crippen molar-refractivity contribution in [2.45, 2.75) is 19.0 Å². The molecule has 1 aliphatic rings. The first-order chi connectivity index (χ1) is 11.4. The number of esters is 1. The second-order valence-corrected chi connectivity index (χ2v) is 5.37. The lowest BCUT2D eigenvalue weighted by Crippen LogP contribution is -2.49. The summed E-state index contributed by atoms with van der Waals surface area (Å²) in [4.78, 5) is 33.1. The average Bonchev–Trinajstić information content (AvgIpc) is 3.04. The molecule has 0 radical (unpaired) electrons. The van der Waals surface area contributed by atoms with Crippen LogP contribution in [0.25, 0.3) is 0 Å². The summed E-state index contributed by atoms with van der Waals surface area (Å²) in [5.74, 6) is -3.18. The minimum Gasteiger partial charge on any atom is -0.504 e. The SMILES string of the molecule is COC(=O)C1Cc2nc[nH]c2CN1C(=O)c1cc(O)c(O)c(O)c1. The second-order valence-electron chi connectivity index (χ2n) is 5.37. The Bertz CT molecular complexity index is 792. The molecule has 2 heterocycles. The van der Waals surface area contributed by atoms with Crippen molar-refractivity contribution >= 4 is 11.9 Å². The van der Waals surface area contributed by atoms with Crippen LogP contribution >= 0.6 is 0 Å². The van der Waals surface area contributed by atoms with Gasteiger partial charge >= 0.3 is 5.97 Å². The van der Waals surface area contributed by atoms with E-state index in [0.29, 0.717) is 11.4 Å². The van der Waals surface area contributed by atoms with Crippen molar-refractivity contribution in [3.63, 3.8) is 0 Å². The van der Waals surface area contributed by atoms with E-state index in [2.05, 4.69) is 9.97 Å². The highest BCUT2D eigenvalue weighted by Gasteiger charge is 2.37. The molecular formula is C15H15N3O6. The van der Waals surface area contributed by atoms with E-state index in [-0.39, 0.29) is 18.5 Å². The molecule has 1 aromatic carbocycles. The first kappa shape index (κ1) is 15.7. The van der Waals surface area contributed by atoms with Gasteiger partial charge < -0.3 is 29.9 Å². The molecule has 126 valence electrons. The number of phenols is 3. The molecule has 0 saturated heterocycles. The molecule has 0 fully saturated rings. The summed E-state index contributed by atoms with van der Waals surface area (Å²) in [6.07, 6.45) is 1.67. The molecule has 2 aromatic rings. The highest BCUT2D eigenvalue weighted by molar-refractivity contribution is 5.98. The molecule has 0 bridgehead atoms. The summed E-state index contributed by atoms with van der Waals surface area (Å²) in [6.45, 7) is 0.0936. The lowest BCUT2D eigenvalue weighted by Gasteiger charge is -2.33. The van der Waals surface area contributed by atoms with Gasteiger partial charge in [-0.1, -0.05) is 0 Å². The van der Waals surface area contributed by atoms with Crippen LogP contribution in [-0.4, -0.2) is 55.2 Å². The Morgan fingerprint density at radius 1 is 1.29 bits per heavy atom. The number of nitrogens with zero attached hydrogens (tertiary/aromatic N) is 2. The van der Waals surface area contributed by atoms with E-state index in [9.17, 15) is 24.9 Å². The predicted molar refractivity (Wildman–Crippen MR) is 79.4 cm³/mol. The maximum absolute atomic E-state index is 12.8. The van der Waals surface area contributed by atoms with E-state index < -0.39 is 35.2 Å². The molecule has 1 atom stereocenters. The van der Waals surface area contributed by atoms with E-state index in [4.69, 9.17) is 4.74 Å². The van der Waals surface area contributed by atoms with E-state index in [0.717, 1.165) is 12.1 Å². The molecule has 0 spiro atoms. The van der Waals surface area contributed by atoms with Crippen LogP contribution < -0.4 is 0 Å². The van der Waals surface area contributed by atoms with Crippen molar-refractivity contribution in [2.75, 3.05) is 7.11 Å². The topological polar surface area (TPSA) is 136 Å². The Balaban J connectivity index is 1.99. The second kappa shape index (κ2) is 5.76. The Labute approximate surface area is 136 Å². The number of aromatic amines is 1. The number of hydrogen-bond donors (Lipinski definition) is 4. The first-order valence-corrected chi connectivity index (χ1v) is 7.07. The zero-order chi connectivity index (χ0) is 17.4. The van der Waals surface area contributed by atoms with Gasteiger partial charge in [0.2, 0.25) is 0 Å². The van der Waals surface area contributed by atoms with Crippen LogP contribution in [0.1, 0.15) is 21.7 Å². The van der Waals surface area contributed by atoms with Crippen LogP contribution in [0.15, 0.2) is 18.5 Å². The van der Waals surface area contributed by atoms with Crippen LogP contribution in [0.5, 0.6) is 17.2 Å². The monoisotopic (exact) mass is 333 g/mol. The fourth-order valence-corrected chi connectivity index (χ4v) is 2.69. The number of phenolic OH excluding ortho intramolecular Hbond substituents is 3. The maximum atomic E-state index is 12.8. The summed E-state index contributed by atoms with van der Waals surface area (Å²) >= 11 is 0. The van der Waals surface area contributed by atoms with E-state index >= 15 is 0 Å². The number of methoxy groups -OCH3 is 1. The van der Waals surface area contributed by atoms with Gasteiger partial charge in [-0.25, -0.2) is 9.78 Å². The van der Waals surface area contributed by atoms with Crippen LogP contribution in [-0.2, 0) is 22.5 Å². The minimum atomic E-state index is -0.878. The number of hydrogen-bond acceptors (Lipinski definition) is 7. The minimum absolute atomic E-state index is 0.0698. The van der Waals surface area contributed by atoms with E-state index in [1.165, 1.54) is 18.3 Å². The molecule has 1 amide bonds. The number of nitrogens with one attached hydrogen (secondary N) is 1. The number of imidazole rings is 1.